The van der Waals surface area contributed by atoms with E-state index in [1.54, 1.807) is 7.11 Å². The molecular formula is C18H21ClO2. The van der Waals surface area contributed by atoms with Crippen LogP contribution in [0.5, 0.6) is 0 Å². The fraction of sp³-hybridized carbons (Fsp3) is 0.333. The summed E-state index contributed by atoms with van der Waals surface area (Å²) >= 11 is 6.32. The third kappa shape index (κ3) is 5.50. The average Bonchev–Trinajstić information content (AvgIpc) is 2.54. The van der Waals surface area contributed by atoms with Gasteiger partial charge in [-0.2, -0.15) is 0 Å². The quantitative estimate of drug-likeness (QED) is 0.685. The molecule has 2 aromatic rings. The number of ether oxygens (including phenoxy) is 2. The molecule has 0 heterocycles. The van der Waals surface area contributed by atoms with E-state index in [0.717, 1.165) is 12.8 Å². The standard InChI is InChI=1S/C18H21ClO2/c1-20-17(14-16-10-6-3-7-11-16)18(19)21-13-12-15-8-4-2-5-9-15/h2-11,17-18H,12-14H2,1H3. The van der Waals surface area contributed by atoms with Crippen molar-refractivity contribution in [1.29, 1.82) is 0 Å². The topological polar surface area (TPSA) is 18.5 Å². The van der Waals surface area contributed by atoms with E-state index in [1.807, 2.05) is 36.4 Å². The van der Waals surface area contributed by atoms with Crippen molar-refractivity contribution in [3.63, 3.8) is 0 Å². The molecule has 2 unspecified atom stereocenters. The van der Waals surface area contributed by atoms with Crippen LogP contribution in [0.2, 0.25) is 0 Å². The van der Waals surface area contributed by atoms with Crippen LogP contribution in [0.3, 0.4) is 0 Å². The van der Waals surface area contributed by atoms with Gasteiger partial charge in [-0.3, -0.25) is 0 Å². The second-order valence-corrected chi connectivity index (χ2v) is 5.35. The maximum absolute atomic E-state index is 6.32. The Morgan fingerprint density at radius 2 is 1.48 bits per heavy atom. The molecule has 2 rings (SSSR count). The Bertz CT molecular complexity index is 501. The van der Waals surface area contributed by atoms with Crippen LogP contribution in [0.1, 0.15) is 11.1 Å². The summed E-state index contributed by atoms with van der Waals surface area (Å²) in [4.78, 5) is 0. The summed E-state index contributed by atoms with van der Waals surface area (Å²) < 4.78 is 11.2. The number of benzene rings is 2. The Labute approximate surface area is 131 Å². The molecule has 0 spiro atoms. The van der Waals surface area contributed by atoms with Crippen LogP contribution in [0, 0.1) is 0 Å². The number of rotatable bonds is 8. The molecule has 0 fully saturated rings. The van der Waals surface area contributed by atoms with Crippen LogP contribution in [-0.2, 0) is 22.3 Å². The van der Waals surface area contributed by atoms with Gasteiger partial charge in [0, 0.05) is 13.5 Å². The van der Waals surface area contributed by atoms with Crippen LogP contribution in [0.25, 0.3) is 0 Å². The molecule has 2 atom stereocenters. The van der Waals surface area contributed by atoms with Crippen molar-refractivity contribution in [3.8, 4) is 0 Å². The Morgan fingerprint density at radius 1 is 0.905 bits per heavy atom. The number of methoxy groups -OCH3 is 1. The van der Waals surface area contributed by atoms with Crippen molar-refractivity contribution in [2.24, 2.45) is 0 Å². The summed E-state index contributed by atoms with van der Waals surface area (Å²) in [6.45, 7) is 0.590. The second kappa shape index (κ2) is 8.83. The van der Waals surface area contributed by atoms with E-state index in [9.17, 15) is 0 Å². The monoisotopic (exact) mass is 304 g/mol. The van der Waals surface area contributed by atoms with Crippen molar-refractivity contribution in [3.05, 3.63) is 71.8 Å². The average molecular weight is 305 g/mol. The molecule has 0 radical (unpaired) electrons. The highest BCUT2D eigenvalue weighted by Crippen LogP contribution is 2.15. The van der Waals surface area contributed by atoms with E-state index < -0.39 is 5.56 Å². The molecule has 21 heavy (non-hydrogen) atoms. The van der Waals surface area contributed by atoms with E-state index in [1.165, 1.54) is 11.1 Å². The highest BCUT2D eigenvalue weighted by molar-refractivity contribution is 6.20. The Hall–Kier alpha value is -1.35. The molecule has 0 saturated heterocycles. The van der Waals surface area contributed by atoms with Crippen molar-refractivity contribution in [1.82, 2.24) is 0 Å². The molecule has 2 nitrogen and oxygen atoms in total. The summed E-state index contributed by atoms with van der Waals surface area (Å²) in [5.74, 6) is 0. The number of hydrogen-bond acceptors (Lipinski definition) is 2. The van der Waals surface area contributed by atoms with E-state index >= 15 is 0 Å². The zero-order valence-corrected chi connectivity index (χ0v) is 13.0. The molecule has 0 amide bonds. The van der Waals surface area contributed by atoms with Gasteiger partial charge < -0.3 is 9.47 Å². The minimum Gasteiger partial charge on any atom is -0.377 e. The lowest BCUT2D eigenvalue weighted by Crippen LogP contribution is -2.29. The van der Waals surface area contributed by atoms with Crippen molar-refractivity contribution in [2.45, 2.75) is 24.5 Å². The lowest BCUT2D eigenvalue weighted by atomic mass is 10.1. The first kappa shape index (κ1) is 16.0. The Kier molecular flexibility index (Phi) is 6.74. The third-order valence-electron chi connectivity index (χ3n) is 3.39. The van der Waals surface area contributed by atoms with Gasteiger partial charge >= 0.3 is 0 Å². The first-order chi connectivity index (χ1) is 10.3. The minimum atomic E-state index is -0.445. The number of hydrogen-bond donors (Lipinski definition) is 0. The van der Waals surface area contributed by atoms with Crippen molar-refractivity contribution < 1.29 is 9.47 Å². The predicted molar refractivity (Wildman–Crippen MR) is 86.7 cm³/mol. The van der Waals surface area contributed by atoms with Crippen molar-refractivity contribution in [2.75, 3.05) is 13.7 Å². The molecular weight excluding hydrogens is 284 g/mol. The second-order valence-electron chi connectivity index (χ2n) is 4.92. The first-order valence-electron chi connectivity index (χ1n) is 7.16. The van der Waals surface area contributed by atoms with Gasteiger partial charge in [-0.15, -0.1) is 0 Å². The lowest BCUT2D eigenvalue weighted by molar-refractivity contribution is -0.0135. The molecule has 0 aliphatic carbocycles. The summed E-state index contributed by atoms with van der Waals surface area (Å²) in [5.41, 5.74) is 2.00. The van der Waals surface area contributed by atoms with Gasteiger partial charge in [0.25, 0.3) is 0 Å². The van der Waals surface area contributed by atoms with Gasteiger partial charge in [0.2, 0.25) is 0 Å². The largest absolute Gasteiger partial charge is 0.377 e. The number of halogens is 1. The van der Waals surface area contributed by atoms with Gasteiger partial charge in [0.15, 0.2) is 5.56 Å². The minimum absolute atomic E-state index is 0.148. The zero-order chi connectivity index (χ0) is 14.9. The summed E-state index contributed by atoms with van der Waals surface area (Å²) in [6, 6.07) is 20.4. The lowest BCUT2D eigenvalue weighted by Gasteiger charge is -2.21. The summed E-state index contributed by atoms with van der Waals surface area (Å²) in [7, 11) is 1.67. The normalized spacial score (nSPS) is 13.8. The Morgan fingerprint density at radius 3 is 2.05 bits per heavy atom. The molecule has 2 aromatic carbocycles. The molecule has 0 N–H and O–H groups in total. The third-order valence-corrected chi connectivity index (χ3v) is 3.79. The van der Waals surface area contributed by atoms with Gasteiger partial charge in [0.1, 0.15) is 6.10 Å². The molecule has 112 valence electrons. The van der Waals surface area contributed by atoms with E-state index in [4.69, 9.17) is 21.1 Å². The van der Waals surface area contributed by atoms with Gasteiger partial charge in [-0.1, -0.05) is 72.3 Å². The van der Waals surface area contributed by atoms with E-state index in [2.05, 4.69) is 24.3 Å². The number of alkyl halides is 1. The summed E-state index contributed by atoms with van der Waals surface area (Å²) in [5, 5.41) is 0. The van der Waals surface area contributed by atoms with E-state index in [-0.39, 0.29) is 6.10 Å². The molecule has 0 bridgehead atoms. The van der Waals surface area contributed by atoms with Crippen molar-refractivity contribution >= 4 is 11.6 Å². The van der Waals surface area contributed by atoms with Crippen LogP contribution in [0.15, 0.2) is 60.7 Å². The van der Waals surface area contributed by atoms with Gasteiger partial charge in [-0.05, 0) is 17.5 Å². The maximum Gasteiger partial charge on any atom is 0.157 e. The highest BCUT2D eigenvalue weighted by atomic mass is 35.5. The first-order valence-corrected chi connectivity index (χ1v) is 7.59. The predicted octanol–water partition coefficient (Wildman–Crippen LogP) is 4.07. The fourth-order valence-corrected chi connectivity index (χ4v) is 2.45. The smallest absolute Gasteiger partial charge is 0.157 e. The molecule has 0 aliphatic rings. The Balaban J connectivity index is 1.79. The van der Waals surface area contributed by atoms with Crippen LogP contribution in [0.4, 0.5) is 0 Å². The molecule has 0 saturated carbocycles. The van der Waals surface area contributed by atoms with Crippen LogP contribution >= 0.6 is 11.6 Å². The maximum atomic E-state index is 6.32. The molecule has 0 aliphatic heterocycles. The fourth-order valence-electron chi connectivity index (χ4n) is 2.17. The SMILES string of the molecule is COC(Cc1ccccc1)C(Cl)OCCc1ccccc1. The van der Waals surface area contributed by atoms with E-state index in [0.29, 0.717) is 6.61 Å². The highest BCUT2D eigenvalue weighted by Gasteiger charge is 2.19. The summed E-state index contributed by atoms with van der Waals surface area (Å²) in [6.07, 6.45) is 1.45. The zero-order valence-electron chi connectivity index (χ0n) is 12.2. The van der Waals surface area contributed by atoms with Crippen LogP contribution < -0.4 is 0 Å². The van der Waals surface area contributed by atoms with Gasteiger partial charge in [-0.25, -0.2) is 0 Å². The van der Waals surface area contributed by atoms with Gasteiger partial charge in [0.05, 0.1) is 6.61 Å². The molecule has 3 heteroatoms. The molecule has 0 aromatic heterocycles. The van der Waals surface area contributed by atoms with Crippen LogP contribution in [-0.4, -0.2) is 25.4 Å².